The number of benzene rings is 2. The van der Waals surface area contributed by atoms with Crippen molar-refractivity contribution >= 4 is 23.1 Å². The molecule has 3 rings (SSSR count). The van der Waals surface area contributed by atoms with Gasteiger partial charge in [0.15, 0.2) is 0 Å². The Balaban J connectivity index is 1.78. The number of para-hydroxylation sites is 2. The standard InChI is InChI=1S/C24H27F3N4O/c1-3-4-5-6-9-17-12-14-18(15-13-17)29-23-28-16-19(24(25,26)27)22(31-23)30-20-10-7-8-11-21(20)32-2/h7-8,10-16H,3-6,9H2,1-2H3,(H2,28,29,30,31). The lowest BCUT2D eigenvalue weighted by atomic mass is 10.1. The van der Waals surface area contributed by atoms with Gasteiger partial charge in [-0.3, -0.25) is 0 Å². The van der Waals surface area contributed by atoms with Gasteiger partial charge in [-0.1, -0.05) is 50.5 Å². The van der Waals surface area contributed by atoms with Crippen LogP contribution in [0.2, 0.25) is 0 Å². The average Bonchev–Trinajstić information content (AvgIpc) is 2.77. The third-order valence-corrected chi connectivity index (χ3v) is 4.98. The van der Waals surface area contributed by atoms with Crippen LogP contribution in [0.25, 0.3) is 0 Å². The molecule has 5 nitrogen and oxygen atoms in total. The Morgan fingerprint density at radius 1 is 0.938 bits per heavy atom. The number of halogens is 3. The number of nitrogens with zero attached hydrogens (tertiary/aromatic N) is 2. The molecule has 0 fully saturated rings. The molecule has 0 amide bonds. The van der Waals surface area contributed by atoms with E-state index in [1.807, 2.05) is 24.3 Å². The minimum atomic E-state index is -4.61. The fourth-order valence-corrected chi connectivity index (χ4v) is 3.26. The summed E-state index contributed by atoms with van der Waals surface area (Å²) in [6.07, 6.45) is 1.94. The molecular weight excluding hydrogens is 417 g/mol. The van der Waals surface area contributed by atoms with Crippen molar-refractivity contribution in [1.29, 1.82) is 0 Å². The molecule has 0 radical (unpaired) electrons. The molecule has 0 saturated heterocycles. The molecule has 0 bridgehead atoms. The molecule has 0 aliphatic rings. The molecule has 1 heterocycles. The zero-order valence-corrected chi connectivity index (χ0v) is 18.2. The van der Waals surface area contributed by atoms with E-state index in [9.17, 15) is 13.2 Å². The molecule has 1 aromatic heterocycles. The zero-order valence-electron chi connectivity index (χ0n) is 18.2. The van der Waals surface area contributed by atoms with Crippen molar-refractivity contribution in [2.75, 3.05) is 17.7 Å². The average molecular weight is 445 g/mol. The maximum atomic E-state index is 13.5. The molecule has 170 valence electrons. The van der Waals surface area contributed by atoms with Crippen molar-refractivity contribution in [3.05, 3.63) is 65.9 Å². The first-order chi connectivity index (χ1) is 15.4. The highest BCUT2D eigenvalue weighted by molar-refractivity contribution is 5.67. The first-order valence-electron chi connectivity index (χ1n) is 10.6. The molecule has 32 heavy (non-hydrogen) atoms. The molecular formula is C24H27F3N4O. The third-order valence-electron chi connectivity index (χ3n) is 4.98. The maximum absolute atomic E-state index is 13.5. The van der Waals surface area contributed by atoms with E-state index in [1.165, 1.54) is 31.9 Å². The lowest BCUT2D eigenvalue weighted by Crippen LogP contribution is -2.13. The van der Waals surface area contributed by atoms with Gasteiger partial charge in [0.25, 0.3) is 0 Å². The Bertz CT molecular complexity index is 1010. The number of alkyl halides is 3. The second kappa shape index (κ2) is 10.8. The fraction of sp³-hybridized carbons (Fsp3) is 0.333. The quantitative estimate of drug-likeness (QED) is 0.326. The van der Waals surface area contributed by atoms with Crippen LogP contribution in [0.1, 0.15) is 43.7 Å². The lowest BCUT2D eigenvalue weighted by molar-refractivity contribution is -0.137. The topological polar surface area (TPSA) is 59.1 Å². The van der Waals surface area contributed by atoms with Gasteiger partial charge in [0.2, 0.25) is 5.95 Å². The van der Waals surface area contributed by atoms with E-state index in [2.05, 4.69) is 27.5 Å². The highest BCUT2D eigenvalue weighted by Crippen LogP contribution is 2.37. The number of methoxy groups -OCH3 is 1. The Labute approximate surface area is 186 Å². The second-order valence-corrected chi connectivity index (χ2v) is 7.41. The van der Waals surface area contributed by atoms with Crippen LogP contribution in [0, 0.1) is 0 Å². The fourth-order valence-electron chi connectivity index (χ4n) is 3.26. The Morgan fingerprint density at radius 3 is 2.38 bits per heavy atom. The van der Waals surface area contributed by atoms with Crippen LogP contribution in [0.3, 0.4) is 0 Å². The summed E-state index contributed by atoms with van der Waals surface area (Å²) in [7, 11) is 1.45. The van der Waals surface area contributed by atoms with E-state index in [-0.39, 0.29) is 11.8 Å². The Hall–Kier alpha value is -3.29. The van der Waals surface area contributed by atoms with Crippen molar-refractivity contribution in [3.8, 4) is 5.75 Å². The van der Waals surface area contributed by atoms with Crippen LogP contribution >= 0.6 is 0 Å². The molecule has 0 atom stereocenters. The summed E-state index contributed by atoms with van der Waals surface area (Å²) in [6.45, 7) is 2.18. The van der Waals surface area contributed by atoms with E-state index in [0.717, 1.165) is 19.0 Å². The highest BCUT2D eigenvalue weighted by atomic mass is 19.4. The van der Waals surface area contributed by atoms with Gasteiger partial charge in [-0.25, -0.2) is 4.98 Å². The number of aromatic nitrogens is 2. The summed E-state index contributed by atoms with van der Waals surface area (Å²) in [5.41, 5.74) is 1.33. The van der Waals surface area contributed by atoms with Crippen LogP contribution in [0.5, 0.6) is 5.75 Å². The molecule has 3 aromatic rings. The van der Waals surface area contributed by atoms with Crippen LogP contribution in [0.15, 0.2) is 54.7 Å². The summed E-state index contributed by atoms with van der Waals surface area (Å²) in [5.74, 6) is 0.112. The Morgan fingerprint density at radius 2 is 1.69 bits per heavy atom. The maximum Gasteiger partial charge on any atom is 0.421 e. The van der Waals surface area contributed by atoms with Gasteiger partial charge < -0.3 is 15.4 Å². The summed E-state index contributed by atoms with van der Waals surface area (Å²) < 4.78 is 45.8. The van der Waals surface area contributed by atoms with Crippen molar-refractivity contribution in [2.45, 2.75) is 45.2 Å². The van der Waals surface area contributed by atoms with E-state index < -0.39 is 11.7 Å². The largest absolute Gasteiger partial charge is 0.495 e. The summed E-state index contributed by atoms with van der Waals surface area (Å²) in [4.78, 5) is 7.95. The lowest BCUT2D eigenvalue weighted by Gasteiger charge is -2.16. The van der Waals surface area contributed by atoms with Gasteiger partial charge in [0.05, 0.1) is 12.8 Å². The van der Waals surface area contributed by atoms with Crippen molar-refractivity contribution in [1.82, 2.24) is 9.97 Å². The van der Waals surface area contributed by atoms with E-state index >= 15 is 0 Å². The van der Waals surface area contributed by atoms with E-state index in [0.29, 0.717) is 17.1 Å². The number of hydrogen-bond acceptors (Lipinski definition) is 5. The number of ether oxygens (including phenoxy) is 1. The second-order valence-electron chi connectivity index (χ2n) is 7.41. The molecule has 8 heteroatoms. The van der Waals surface area contributed by atoms with Crippen LogP contribution in [0.4, 0.5) is 36.3 Å². The molecule has 0 aliphatic heterocycles. The number of aryl methyl sites for hydroxylation is 1. The van der Waals surface area contributed by atoms with E-state index in [4.69, 9.17) is 4.74 Å². The van der Waals surface area contributed by atoms with Crippen molar-refractivity contribution in [3.63, 3.8) is 0 Å². The first-order valence-corrected chi connectivity index (χ1v) is 10.6. The number of rotatable bonds is 10. The molecule has 0 spiro atoms. The normalized spacial score (nSPS) is 11.3. The minimum absolute atomic E-state index is 0.0612. The number of unbranched alkanes of at least 4 members (excludes halogenated alkanes) is 3. The molecule has 0 saturated carbocycles. The Kier molecular flexibility index (Phi) is 7.92. The number of anilines is 4. The minimum Gasteiger partial charge on any atom is -0.495 e. The molecule has 2 aromatic carbocycles. The predicted octanol–water partition coefficient (Wildman–Crippen LogP) is 7.11. The van der Waals surface area contributed by atoms with Crippen LogP contribution in [-0.2, 0) is 12.6 Å². The van der Waals surface area contributed by atoms with Gasteiger partial charge in [-0.05, 0) is 42.7 Å². The van der Waals surface area contributed by atoms with Crippen molar-refractivity contribution < 1.29 is 17.9 Å². The summed E-state index contributed by atoms with van der Waals surface area (Å²) in [5, 5.41) is 5.71. The smallest absolute Gasteiger partial charge is 0.421 e. The van der Waals surface area contributed by atoms with E-state index in [1.54, 1.807) is 24.3 Å². The highest BCUT2D eigenvalue weighted by Gasteiger charge is 2.35. The number of hydrogen-bond donors (Lipinski definition) is 2. The molecule has 0 unspecified atom stereocenters. The predicted molar refractivity (Wildman–Crippen MR) is 121 cm³/mol. The first kappa shape index (κ1) is 23.4. The van der Waals surface area contributed by atoms with Gasteiger partial charge in [0, 0.05) is 11.9 Å². The third kappa shape index (κ3) is 6.35. The summed E-state index contributed by atoms with van der Waals surface area (Å²) in [6, 6.07) is 14.5. The number of nitrogens with one attached hydrogen (secondary N) is 2. The summed E-state index contributed by atoms with van der Waals surface area (Å²) >= 11 is 0. The van der Waals surface area contributed by atoms with Gasteiger partial charge in [0.1, 0.15) is 17.1 Å². The van der Waals surface area contributed by atoms with Gasteiger partial charge >= 0.3 is 6.18 Å². The SMILES string of the molecule is CCCCCCc1ccc(Nc2ncc(C(F)(F)F)c(Nc3ccccc3OC)n2)cc1. The van der Waals surface area contributed by atoms with Crippen LogP contribution < -0.4 is 15.4 Å². The van der Waals surface area contributed by atoms with Crippen LogP contribution in [-0.4, -0.2) is 17.1 Å². The monoisotopic (exact) mass is 444 g/mol. The van der Waals surface area contributed by atoms with Gasteiger partial charge in [-0.15, -0.1) is 0 Å². The zero-order chi connectivity index (χ0) is 23.0. The molecule has 2 N–H and O–H groups in total. The van der Waals surface area contributed by atoms with Gasteiger partial charge in [-0.2, -0.15) is 18.2 Å². The molecule has 0 aliphatic carbocycles. The van der Waals surface area contributed by atoms with Crippen molar-refractivity contribution in [2.24, 2.45) is 0 Å².